The number of hydrogen-bond acceptors (Lipinski definition) is 2. The van der Waals surface area contributed by atoms with Crippen molar-refractivity contribution < 1.29 is 0 Å². The van der Waals surface area contributed by atoms with Crippen LogP contribution < -0.4 is 0 Å². The molecule has 1 aliphatic carbocycles. The lowest BCUT2D eigenvalue weighted by molar-refractivity contribution is 0.373. The molecule has 12 heavy (non-hydrogen) atoms. The van der Waals surface area contributed by atoms with E-state index in [4.69, 9.17) is 0 Å². The van der Waals surface area contributed by atoms with E-state index in [1.54, 1.807) is 0 Å². The van der Waals surface area contributed by atoms with Crippen LogP contribution in [-0.2, 0) is 0 Å². The van der Waals surface area contributed by atoms with Gasteiger partial charge in [-0.2, -0.15) is 5.10 Å². The standard InChI is InChI=1S/C10H18N2/c1-3-12(2)11-9-10-7-5-4-6-8-10/h4-5,9-10H,3,6-8H2,1-2H3/b11-9+. The summed E-state index contributed by atoms with van der Waals surface area (Å²) in [5, 5.41) is 6.31. The van der Waals surface area contributed by atoms with Crippen molar-refractivity contribution in [3.63, 3.8) is 0 Å². The second-order valence-corrected chi connectivity index (χ2v) is 3.28. The summed E-state index contributed by atoms with van der Waals surface area (Å²) < 4.78 is 0. The van der Waals surface area contributed by atoms with Gasteiger partial charge in [0.2, 0.25) is 0 Å². The predicted molar refractivity (Wildman–Crippen MR) is 53.3 cm³/mol. The largest absolute Gasteiger partial charge is 0.301 e. The Morgan fingerprint density at radius 1 is 1.58 bits per heavy atom. The quantitative estimate of drug-likeness (QED) is 0.357. The smallest absolute Gasteiger partial charge is 0.0328 e. The molecule has 0 N–H and O–H groups in total. The van der Waals surface area contributed by atoms with Crippen molar-refractivity contribution in [3.05, 3.63) is 12.2 Å². The van der Waals surface area contributed by atoms with Crippen LogP contribution in [0, 0.1) is 5.92 Å². The van der Waals surface area contributed by atoms with Gasteiger partial charge in [0.15, 0.2) is 0 Å². The molecule has 1 aliphatic rings. The van der Waals surface area contributed by atoms with Gasteiger partial charge in [-0.05, 0) is 32.1 Å². The van der Waals surface area contributed by atoms with Gasteiger partial charge in [-0.15, -0.1) is 0 Å². The average Bonchev–Trinajstić information content (AvgIpc) is 2.16. The Balaban J connectivity index is 2.29. The van der Waals surface area contributed by atoms with E-state index < -0.39 is 0 Å². The Labute approximate surface area is 75.0 Å². The van der Waals surface area contributed by atoms with Gasteiger partial charge in [0, 0.05) is 19.8 Å². The van der Waals surface area contributed by atoms with Crippen LogP contribution >= 0.6 is 0 Å². The van der Waals surface area contributed by atoms with Gasteiger partial charge >= 0.3 is 0 Å². The summed E-state index contributed by atoms with van der Waals surface area (Å²) >= 11 is 0. The van der Waals surface area contributed by atoms with E-state index >= 15 is 0 Å². The van der Waals surface area contributed by atoms with E-state index in [2.05, 4.69) is 30.4 Å². The molecular formula is C10H18N2. The average molecular weight is 166 g/mol. The van der Waals surface area contributed by atoms with Crippen molar-refractivity contribution in [3.8, 4) is 0 Å². The van der Waals surface area contributed by atoms with E-state index in [1.807, 2.05) is 12.1 Å². The lowest BCUT2D eigenvalue weighted by atomic mass is 9.96. The summed E-state index contributed by atoms with van der Waals surface area (Å²) in [6.45, 7) is 3.09. The van der Waals surface area contributed by atoms with E-state index in [0.717, 1.165) is 6.54 Å². The number of rotatable bonds is 3. The summed E-state index contributed by atoms with van der Waals surface area (Å²) in [5.74, 6) is 0.670. The zero-order chi connectivity index (χ0) is 8.81. The Hall–Kier alpha value is -0.790. The first-order chi connectivity index (χ1) is 5.83. The molecule has 0 heterocycles. The molecule has 0 saturated heterocycles. The third kappa shape index (κ3) is 3.07. The van der Waals surface area contributed by atoms with Crippen molar-refractivity contribution in [2.24, 2.45) is 11.0 Å². The third-order valence-electron chi connectivity index (χ3n) is 2.24. The highest BCUT2D eigenvalue weighted by atomic mass is 15.4. The zero-order valence-corrected chi connectivity index (χ0v) is 8.03. The van der Waals surface area contributed by atoms with E-state index in [1.165, 1.54) is 19.3 Å². The minimum absolute atomic E-state index is 0.670. The molecule has 0 saturated carbocycles. The van der Waals surface area contributed by atoms with Crippen molar-refractivity contribution in [2.45, 2.75) is 26.2 Å². The molecular weight excluding hydrogens is 148 g/mol. The van der Waals surface area contributed by atoms with Gasteiger partial charge in [-0.1, -0.05) is 12.2 Å². The van der Waals surface area contributed by atoms with Crippen LogP contribution in [0.15, 0.2) is 17.3 Å². The highest BCUT2D eigenvalue weighted by molar-refractivity contribution is 5.60. The number of allylic oxidation sites excluding steroid dienone is 2. The number of hydrogen-bond donors (Lipinski definition) is 0. The topological polar surface area (TPSA) is 15.6 Å². The fraction of sp³-hybridized carbons (Fsp3) is 0.700. The Morgan fingerprint density at radius 3 is 3.00 bits per heavy atom. The van der Waals surface area contributed by atoms with E-state index in [9.17, 15) is 0 Å². The predicted octanol–water partition coefficient (Wildman–Crippen LogP) is 2.28. The molecule has 0 fully saturated rings. The van der Waals surface area contributed by atoms with Crippen molar-refractivity contribution >= 4 is 6.21 Å². The van der Waals surface area contributed by atoms with Gasteiger partial charge in [0.05, 0.1) is 0 Å². The molecule has 0 aliphatic heterocycles. The van der Waals surface area contributed by atoms with Gasteiger partial charge in [-0.25, -0.2) is 0 Å². The Kier molecular flexibility index (Phi) is 3.85. The minimum Gasteiger partial charge on any atom is -0.301 e. The molecule has 0 aromatic heterocycles. The van der Waals surface area contributed by atoms with Crippen molar-refractivity contribution in [1.82, 2.24) is 5.01 Å². The fourth-order valence-corrected chi connectivity index (χ4v) is 1.24. The molecule has 0 radical (unpaired) electrons. The molecule has 1 unspecified atom stereocenters. The van der Waals surface area contributed by atoms with Gasteiger partial charge < -0.3 is 5.01 Å². The maximum absolute atomic E-state index is 4.34. The number of hydrazone groups is 1. The molecule has 0 aromatic rings. The summed E-state index contributed by atoms with van der Waals surface area (Å²) in [5.41, 5.74) is 0. The second kappa shape index (κ2) is 4.96. The molecule has 2 heteroatoms. The van der Waals surface area contributed by atoms with E-state index in [0.29, 0.717) is 5.92 Å². The summed E-state index contributed by atoms with van der Waals surface area (Å²) in [7, 11) is 2.01. The minimum atomic E-state index is 0.670. The maximum Gasteiger partial charge on any atom is 0.0328 e. The van der Waals surface area contributed by atoms with Crippen LogP contribution in [0.1, 0.15) is 26.2 Å². The Bertz CT molecular complexity index is 173. The van der Waals surface area contributed by atoms with Crippen LogP contribution in [-0.4, -0.2) is 24.8 Å². The first kappa shape index (κ1) is 9.30. The van der Waals surface area contributed by atoms with Gasteiger partial charge in [-0.3, -0.25) is 0 Å². The highest BCUT2D eigenvalue weighted by Gasteiger charge is 2.06. The van der Waals surface area contributed by atoms with Crippen LogP contribution in [0.25, 0.3) is 0 Å². The van der Waals surface area contributed by atoms with Crippen LogP contribution in [0.2, 0.25) is 0 Å². The molecule has 0 amide bonds. The zero-order valence-electron chi connectivity index (χ0n) is 8.03. The molecule has 0 bridgehead atoms. The third-order valence-corrected chi connectivity index (χ3v) is 2.24. The molecule has 2 nitrogen and oxygen atoms in total. The molecule has 0 spiro atoms. The van der Waals surface area contributed by atoms with Crippen molar-refractivity contribution in [2.75, 3.05) is 13.6 Å². The Morgan fingerprint density at radius 2 is 2.42 bits per heavy atom. The summed E-state index contributed by atoms with van der Waals surface area (Å²) in [6.07, 6.45) is 10.2. The van der Waals surface area contributed by atoms with Crippen LogP contribution in [0.3, 0.4) is 0 Å². The normalized spacial score (nSPS) is 23.3. The monoisotopic (exact) mass is 166 g/mol. The first-order valence-corrected chi connectivity index (χ1v) is 4.73. The van der Waals surface area contributed by atoms with Crippen molar-refractivity contribution in [1.29, 1.82) is 0 Å². The lowest BCUT2D eigenvalue weighted by Gasteiger charge is -2.14. The van der Waals surface area contributed by atoms with Gasteiger partial charge in [0.25, 0.3) is 0 Å². The second-order valence-electron chi connectivity index (χ2n) is 3.28. The number of nitrogens with zero attached hydrogens (tertiary/aromatic N) is 2. The highest BCUT2D eigenvalue weighted by Crippen LogP contribution is 2.15. The summed E-state index contributed by atoms with van der Waals surface area (Å²) in [4.78, 5) is 0. The SMILES string of the molecule is CCN(C)/N=C/C1CC=CCC1. The lowest BCUT2D eigenvalue weighted by Crippen LogP contribution is -2.12. The van der Waals surface area contributed by atoms with E-state index in [-0.39, 0.29) is 0 Å². The summed E-state index contributed by atoms with van der Waals surface area (Å²) in [6, 6.07) is 0. The maximum atomic E-state index is 4.34. The van der Waals surface area contributed by atoms with Crippen LogP contribution in [0.4, 0.5) is 0 Å². The van der Waals surface area contributed by atoms with Crippen LogP contribution in [0.5, 0.6) is 0 Å². The molecule has 0 aromatic carbocycles. The molecule has 68 valence electrons. The fourth-order valence-electron chi connectivity index (χ4n) is 1.24. The first-order valence-electron chi connectivity index (χ1n) is 4.73. The molecule has 1 atom stereocenters. The van der Waals surface area contributed by atoms with Gasteiger partial charge in [0.1, 0.15) is 0 Å². The molecule has 1 rings (SSSR count).